The van der Waals surface area contributed by atoms with Crippen LogP contribution in [-0.2, 0) is 6.18 Å². The van der Waals surface area contributed by atoms with E-state index in [1.54, 1.807) is 0 Å². The predicted molar refractivity (Wildman–Crippen MR) is 130 cm³/mol. The molecule has 0 aromatic heterocycles. The number of alkyl halides is 3. The highest BCUT2D eigenvalue weighted by Crippen LogP contribution is 2.38. The van der Waals surface area contributed by atoms with Crippen molar-refractivity contribution in [1.82, 2.24) is 0 Å². The first-order chi connectivity index (χ1) is 16.5. The molecule has 0 aliphatic rings. The molecule has 0 saturated carbocycles. The number of amides is 1. The molecule has 3 aromatic rings. The summed E-state index contributed by atoms with van der Waals surface area (Å²) < 4.78 is 65.4. The highest BCUT2D eigenvalue weighted by molar-refractivity contribution is 7.80. The Morgan fingerprint density at radius 1 is 0.914 bits per heavy atom. The first-order valence-electron chi connectivity index (χ1n) is 9.80. The molecule has 12 heteroatoms. The van der Waals surface area contributed by atoms with Gasteiger partial charge in [0.2, 0.25) is 0 Å². The molecule has 0 heterocycles. The monoisotopic (exact) mass is 527 g/mol. The molecule has 0 aliphatic heterocycles. The van der Waals surface area contributed by atoms with Gasteiger partial charge in [-0.2, -0.15) is 13.2 Å². The molecule has 0 bridgehead atoms. The molecule has 0 unspecified atom stereocenters. The molecule has 6 nitrogen and oxygen atoms in total. The second-order valence-corrected chi connectivity index (χ2v) is 7.77. The summed E-state index contributed by atoms with van der Waals surface area (Å²) in [5.74, 6) is -1.07. The van der Waals surface area contributed by atoms with E-state index in [-0.39, 0.29) is 38.5 Å². The number of thiocarbonyl (C=S) groups is 1. The van der Waals surface area contributed by atoms with Crippen molar-refractivity contribution in [3.05, 3.63) is 76.6 Å². The maximum atomic E-state index is 13.8. The van der Waals surface area contributed by atoms with E-state index < -0.39 is 23.5 Å². The Kier molecular flexibility index (Phi) is 8.03. The fourth-order valence-corrected chi connectivity index (χ4v) is 3.50. The van der Waals surface area contributed by atoms with Gasteiger partial charge in [-0.1, -0.05) is 23.7 Å². The summed E-state index contributed by atoms with van der Waals surface area (Å²) in [7, 11) is 2.81. The fraction of sp³-hybridized carbons (Fsp3) is 0.130. The molecule has 184 valence electrons. The van der Waals surface area contributed by atoms with E-state index in [2.05, 4.69) is 16.0 Å². The molecule has 0 radical (unpaired) electrons. The summed E-state index contributed by atoms with van der Waals surface area (Å²) in [4.78, 5) is 12.3. The molecule has 35 heavy (non-hydrogen) atoms. The number of anilines is 3. The van der Waals surface area contributed by atoms with Crippen LogP contribution in [0.25, 0.3) is 0 Å². The van der Waals surface area contributed by atoms with Crippen LogP contribution in [0, 0.1) is 5.82 Å². The summed E-state index contributed by atoms with van der Waals surface area (Å²) in [5.41, 5.74) is -1.68. The Bertz CT molecular complexity index is 1270. The molecule has 3 N–H and O–H groups in total. The van der Waals surface area contributed by atoms with Gasteiger partial charge in [0.05, 0.1) is 41.7 Å². The highest BCUT2D eigenvalue weighted by Gasteiger charge is 2.34. The number of carbonyl (C=O) groups is 1. The molecule has 0 aliphatic carbocycles. The third-order valence-corrected chi connectivity index (χ3v) is 5.17. The normalized spacial score (nSPS) is 10.9. The van der Waals surface area contributed by atoms with Gasteiger partial charge in [-0.3, -0.25) is 4.79 Å². The fourth-order valence-electron chi connectivity index (χ4n) is 3.04. The maximum Gasteiger partial charge on any atom is 0.418 e. The van der Waals surface area contributed by atoms with Crippen LogP contribution in [0.2, 0.25) is 5.02 Å². The lowest BCUT2D eigenvalue weighted by Crippen LogP contribution is -2.22. The zero-order chi connectivity index (χ0) is 25.8. The van der Waals surface area contributed by atoms with Gasteiger partial charge < -0.3 is 25.4 Å². The van der Waals surface area contributed by atoms with Crippen molar-refractivity contribution in [2.45, 2.75) is 6.18 Å². The third kappa shape index (κ3) is 6.31. The van der Waals surface area contributed by atoms with E-state index >= 15 is 0 Å². The molecule has 1 amide bonds. The molecule has 3 rings (SSSR count). The van der Waals surface area contributed by atoms with Crippen molar-refractivity contribution >= 4 is 51.9 Å². The molecule has 0 spiro atoms. The van der Waals surface area contributed by atoms with Crippen LogP contribution in [0.15, 0.2) is 54.6 Å². The van der Waals surface area contributed by atoms with Gasteiger partial charge >= 0.3 is 6.18 Å². The molecular weight excluding hydrogens is 510 g/mol. The Hall–Kier alpha value is -3.57. The number of ether oxygens (including phenoxy) is 2. The van der Waals surface area contributed by atoms with Crippen LogP contribution in [0.5, 0.6) is 11.5 Å². The van der Waals surface area contributed by atoms with E-state index in [1.807, 2.05) is 0 Å². The number of hydrogen-bond donors (Lipinski definition) is 3. The van der Waals surface area contributed by atoms with Gasteiger partial charge in [0.15, 0.2) is 5.11 Å². The van der Waals surface area contributed by atoms with Crippen molar-refractivity contribution in [3.8, 4) is 11.5 Å². The van der Waals surface area contributed by atoms with Crippen LogP contribution >= 0.6 is 23.8 Å². The lowest BCUT2D eigenvalue weighted by atomic mass is 10.1. The lowest BCUT2D eigenvalue weighted by Gasteiger charge is -2.19. The van der Waals surface area contributed by atoms with Crippen LogP contribution in [0.4, 0.5) is 34.6 Å². The topological polar surface area (TPSA) is 71.6 Å². The average Bonchev–Trinajstić information content (AvgIpc) is 2.79. The smallest absolute Gasteiger partial charge is 0.418 e. The summed E-state index contributed by atoms with van der Waals surface area (Å²) in [6.45, 7) is 0. The molecule has 0 atom stereocenters. The van der Waals surface area contributed by atoms with Gasteiger partial charge in [0, 0.05) is 11.8 Å². The van der Waals surface area contributed by atoms with Crippen LogP contribution in [-0.4, -0.2) is 25.2 Å². The summed E-state index contributed by atoms with van der Waals surface area (Å²) >= 11 is 11.3. The van der Waals surface area contributed by atoms with E-state index in [0.29, 0.717) is 11.8 Å². The highest BCUT2D eigenvalue weighted by atomic mass is 35.5. The lowest BCUT2D eigenvalue weighted by molar-refractivity contribution is -0.136. The Labute approximate surface area is 208 Å². The van der Waals surface area contributed by atoms with Crippen molar-refractivity contribution in [1.29, 1.82) is 0 Å². The number of rotatable bonds is 6. The zero-order valence-corrected chi connectivity index (χ0v) is 19.8. The number of halogens is 5. The zero-order valence-electron chi connectivity index (χ0n) is 18.2. The third-order valence-electron chi connectivity index (χ3n) is 4.67. The summed E-state index contributed by atoms with van der Waals surface area (Å²) in [6, 6.07) is 11.1. The number of carbonyl (C=O) groups excluding carboxylic acids is 1. The van der Waals surface area contributed by atoms with Gasteiger partial charge in [-0.15, -0.1) is 0 Å². The largest absolute Gasteiger partial charge is 0.495 e. The van der Waals surface area contributed by atoms with E-state index in [0.717, 1.165) is 12.1 Å². The quantitative estimate of drug-likeness (QED) is 0.248. The average molecular weight is 528 g/mol. The molecule has 0 fully saturated rings. The number of benzene rings is 3. The van der Waals surface area contributed by atoms with Crippen LogP contribution < -0.4 is 25.4 Å². The second kappa shape index (κ2) is 10.8. The summed E-state index contributed by atoms with van der Waals surface area (Å²) in [6.07, 6.45) is -4.79. The Balaban J connectivity index is 1.83. The Morgan fingerprint density at radius 3 is 2.20 bits per heavy atom. The maximum absolute atomic E-state index is 13.8. The molecule has 0 saturated heterocycles. The number of nitrogens with one attached hydrogen (secondary N) is 3. The minimum absolute atomic E-state index is 0.182. The van der Waals surface area contributed by atoms with Crippen LogP contribution in [0.3, 0.4) is 0 Å². The first kappa shape index (κ1) is 26.0. The van der Waals surface area contributed by atoms with Crippen molar-refractivity contribution < 1.29 is 31.8 Å². The predicted octanol–water partition coefficient (Wildman–Crippen LogP) is 6.58. The van der Waals surface area contributed by atoms with Gasteiger partial charge in [-0.25, -0.2) is 4.39 Å². The summed E-state index contributed by atoms with van der Waals surface area (Å²) in [5, 5.41) is 7.53. The SMILES string of the molecule is COc1cc(OC)c(NC(=S)Nc2ccc(NC(=O)c3ccccc3F)cc2C(F)(F)F)cc1Cl. The second-order valence-electron chi connectivity index (χ2n) is 6.96. The minimum atomic E-state index is -4.79. The standard InChI is InChI=1S/C23H18ClF4N3O3S/c1-33-19-11-20(34-2)18(10-15(19)24)31-22(35)30-17-8-7-12(9-14(17)23(26,27)28)29-21(32)13-5-3-4-6-16(13)25/h3-11H,1-2H3,(H,29,32)(H2,30,31,35). The van der Waals surface area contributed by atoms with E-state index in [9.17, 15) is 22.4 Å². The van der Waals surface area contributed by atoms with Gasteiger partial charge in [0.1, 0.15) is 17.3 Å². The van der Waals surface area contributed by atoms with Crippen molar-refractivity contribution in [2.75, 3.05) is 30.2 Å². The van der Waals surface area contributed by atoms with Crippen molar-refractivity contribution in [2.24, 2.45) is 0 Å². The van der Waals surface area contributed by atoms with Gasteiger partial charge in [0.25, 0.3) is 5.91 Å². The first-order valence-corrected chi connectivity index (χ1v) is 10.6. The van der Waals surface area contributed by atoms with Crippen molar-refractivity contribution in [3.63, 3.8) is 0 Å². The number of methoxy groups -OCH3 is 2. The molecule has 3 aromatic carbocycles. The van der Waals surface area contributed by atoms with Crippen LogP contribution in [0.1, 0.15) is 15.9 Å². The van der Waals surface area contributed by atoms with Gasteiger partial charge in [-0.05, 0) is 48.6 Å². The van der Waals surface area contributed by atoms with E-state index in [1.165, 1.54) is 50.6 Å². The number of hydrogen-bond acceptors (Lipinski definition) is 4. The van der Waals surface area contributed by atoms with E-state index in [4.69, 9.17) is 33.3 Å². The Morgan fingerprint density at radius 2 is 1.57 bits per heavy atom. The molecular formula is C23H18ClF4N3O3S. The minimum Gasteiger partial charge on any atom is -0.495 e.